The van der Waals surface area contributed by atoms with Gasteiger partial charge >= 0.3 is 0 Å². The monoisotopic (exact) mass is 273 g/mol. The Bertz CT molecular complexity index is 514. The number of ketones is 1. The van der Waals surface area contributed by atoms with Crippen LogP contribution in [0.3, 0.4) is 0 Å². The van der Waals surface area contributed by atoms with Crippen LogP contribution in [0, 0.1) is 20.8 Å². The Labute approximate surface area is 123 Å². The standard InChI is InChI=1S/C18H27NO/c1-6-18(5,19-9-7-8-10-19)17(20)16-12-14(3)13(2)11-15(16)4/h11-12H,6-10H2,1-5H3. The van der Waals surface area contributed by atoms with Gasteiger partial charge in [0.25, 0.3) is 0 Å². The second kappa shape index (κ2) is 5.69. The molecule has 2 heteroatoms. The molecule has 1 atom stereocenters. The second-order valence-electron chi connectivity index (χ2n) is 6.40. The van der Waals surface area contributed by atoms with Crippen LogP contribution in [-0.4, -0.2) is 29.3 Å². The molecule has 1 unspecified atom stereocenters. The van der Waals surface area contributed by atoms with Crippen molar-refractivity contribution in [3.63, 3.8) is 0 Å². The molecule has 1 aromatic carbocycles. The van der Waals surface area contributed by atoms with Crippen molar-refractivity contribution in [3.8, 4) is 0 Å². The second-order valence-corrected chi connectivity index (χ2v) is 6.40. The lowest BCUT2D eigenvalue weighted by Crippen LogP contribution is -2.50. The van der Waals surface area contributed by atoms with Gasteiger partial charge in [-0.3, -0.25) is 9.69 Å². The summed E-state index contributed by atoms with van der Waals surface area (Å²) in [6.45, 7) is 12.6. The largest absolute Gasteiger partial charge is 0.292 e. The molecule has 1 aromatic rings. The molecule has 0 N–H and O–H groups in total. The quantitative estimate of drug-likeness (QED) is 0.771. The van der Waals surface area contributed by atoms with Gasteiger partial charge in [0.05, 0.1) is 5.54 Å². The highest BCUT2D eigenvalue weighted by molar-refractivity contribution is 6.04. The molecule has 0 spiro atoms. The number of carbonyl (C=O) groups excluding carboxylic acids is 1. The summed E-state index contributed by atoms with van der Waals surface area (Å²) >= 11 is 0. The van der Waals surface area contributed by atoms with Gasteiger partial charge in [0.15, 0.2) is 5.78 Å². The van der Waals surface area contributed by atoms with Crippen LogP contribution >= 0.6 is 0 Å². The van der Waals surface area contributed by atoms with E-state index in [-0.39, 0.29) is 5.54 Å². The van der Waals surface area contributed by atoms with Crippen molar-refractivity contribution in [2.75, 3.05) is 13.1 Å². The van der Waals surface area contributed by atoms with E-state index in [1.54, 1.807) is 0 Å². The Kier molecular flexibility index (Phi) is 4.33. The van der Waals surface area contributed by atoms with Crippen molar-refractivity contribution in [1.82, 2.24) is 4.90 Å². The summed E-state index contributed by atoms with van der Waals surface area (Å²) in [6, 6.07) is 4.22. The lowest BCUT2D eigenvalue weighted by Gasteiger charge is -2.37. The van der Waals surface area contributed by atoms with Crippen molar-refractivity contribution in [2.24, 2.45) is 0 Å². The molecule has 1 saturated heterocycles. The van der Waals surface area contributed by atoms with E-state index in [4.69, 9.17) is 0 Å². The number of hydrogen-bond acceptors (Lipinski definition) is 2. The fourth-order valence-corrected chi connectivity index (χ4v) is 3.23. The molecule has 2 nitrogen and oxygen atoms in total. The van der Waals surface area contributed by atoms with Gasteiger partial charge in [0.1, 0.15) is 0 Å². The fourth-order valence-electron chi connectivity index (χ4n) is 3.23. The number of benzene rings is 1. The zero-order valence-corrected chi connectivity index (χ0v) is 13.5. The van der Waals surface area contributed by atoms with E-state index >= 15 is 0 Å². The zero-order chi connectivity index (χ0) is 14.9. The first-order chi connectivity index (χ1) is 9.40. The first kappa shape index (κ1) is 15.2. The molecule has 2 rings (SSSR count). The van der Waals surface area contributed by atoms with Gasteiger partial charge in [0, 0.05) is 5.56 Å². The van der Waals surface area contributed by atoms with Crippen molar-refractivity contribution in [1.29, 1.82) is 0 Å². The van der Waals surface area contributed by atoms with Gasteiger partial charge in [-0.05, 0) is 82.8 Å². The lowest BCUT2D eigenvalue weighted by molar-refractivity contribution is 0.0647. The van der Waals surface area contributed by atoms with Gasteiger partial charge in [-0.25, -0.2) is 0 Å². The normalized spacial score (nSPS) is 19.1. The minimum Gasteiger partial charge on any atom is -0.292 e. The summed E-state index contributed by atoms with van der Waals surface area (Å²) in [5.41, 5.74) is 4.14. The zero-order valence-electron chi connectivity index (χ0n) is 13.5. The molecule has 0 bridgehead atoms. The molecule has 0 amide bonds. The Hall–Kier alpha value is -1.15. The van der Waals surface area contributed by atoms with E-state index in [2.05, 4.69) is 51.7 Å². The Morgan fingerprint density at radius 3 is 2.20 bits per heavy atom. The third-order valence-electron chi connectivity index (χ3n) is 5.07. The van der Waals surface area contributed by atoms with E-state index in [0.717, 1.165) is 30.6 Å². The van der Waals surface area contributed by atoms with Gasteiger partial charge in [-0.2, -0.15) is 0 Å². The Morgan fingerprint density at radius 2 is 1.65 bits per heavy atom. The third kappa shape index (κ3) is 2.54. The highest BCUT2D eigenvalue weighted by atomic mass is 16.1. The summed E-state index contributed by atoms with van der Waals surface area (Å²) < 4.78 is 0. The smallest absolute Gasteiger partial charge is 0.183 e. The van der Waals surface area contributed by atoms with Gasteiger partial charge in [0.2, 0.25) is 0 Å². The van der Waals surface area contributed by atoms with Crippen molar-refractivity contribution in [3.05, 3.63) is 34.4 Å². The first-order valence-corrected chi connectivity index (χ1v) is 7.78. The van der Waals surface area contributed by atoms with Crippen molar-refractivity contribution >= 4 is 5.78 Å². The number of nitrogens with zero attached hydrogens (tertiary/aromatic N) is 1. The fraction of sp³-hybridized carbons (Fsp3) is 0.611. The minimum absolute atomic E-state index is 0.294. The Balaban J connectivity index is 2.40. The number of carbonyl (C=O) groups is 1. The molecule has 1 aliphatic heterocycles. The molecule has 0 saturated carbocycles. The van der Waals surface area contributed by atoms with Crippen LogP contribution in [0.4, 0.5) is 0 Å². The maximum absolute atomic E-state index is 13.1. The number of hydrogen-bond donors (Lipinski definition) is 0. The lowest BCUT2D eigenvalue weighted by atomic mass is 9.84. The van der Waals surface area contributed by atoms with Crippen LogP contribution in [0.25, 0.3) is 0 Å². The van der Waals surface area contributed by atoms with Crippen LogP contribution in [-0.2, 0) is 0 Å². The average molecular weight is 273 g/mol. The first-order valence-electron chi connectivity index (χ1n) is 7.78. The van der Waals surface area contributed by atoms with Crippen LogP contribution in [0.5, 0.6) is 0 Å². The molecule has 110 valence electrons. The molecule has 1 heterocycles. The van der Waals surface area contributed by atoms with Crippen LogP contribution in [0.1, 0.15) is 60.2 Å². The van der Waals surface area contributed by atoms with Crippen molar-refractivity contribution in [2.45, 2.75) is 59.4 Å². The molecular formula is C18H27NO. The van der Waals surface area contributed by atoms with E-state index in [1.165, 1.54) is 24.0 Å². The van der Waals surface area contributed by atoms with Gasteiger partial charge in [-0.1, -0.05) is 13.0 Å². The minimum atomic E-state index is -0.344. The van der Waals surface area contributed by atoms with E-state index in [9.17, 15) is 4.79 Å². The summed E-state index contributed by atoms with van der Waals surface area (Å²) in [4.78, 5) is 15.5. The van der Waals surface area contributed by atoms with Crippen LogP contribution in [0.2, 0.25) is 0 Å². The predicted octanol–water partition coefficient (Wildman–Crippen LogP) is 4.06. The third-order valence-corrected chi connectivity index (χ3v) is 5.07. The maximum Gasteiger partial charge on any atom is 0.183 e. The van der Waals surface area contributed by atoms with E-state index in [1.807, 2.05) is 0 Å². The van der Waals surface area contributed by atoms with Gasteiger partial charge < -0.3 is 0 Å². The predicted molar refractivity (Wildman–Crippen MR) is 84.5 cm³/mol. The Morgan fingerprint density at radius 1 is 1.10 bits per heavy atom. The number of aryl methyl sites for hydroxylation is 3. The van der Waals surface area contributed by atoms with Crippen LogP contribution in [0.15, 0.2) is 12.1 Å². The van der Waals surface area contributed by atoms with Crippen molar-refractivity contribution < 1.29 is 4.79 Å². The molecule has 1 aliphatic rings. The SMILES string of the molecule is CCC(C)(C(=O)c1cc(C)c(C)cc1C)N1CCCC1. The number of rotatable bonds is 4. The highest BCUT2D eigenvalue weighted by Crippen LogP contribution is 2.30. The summed E-state index contributed by atoms with van der Waals surface area (Å²) in [7, 11) is 0. The molecule has 0 aliphatic carbocycles. The van der Waals surface area contributed by atoms with E-state index < -0.39 is 0 Å². The number of likely N-dealkylation sites (tertiary alicyclic amines) is 1. The summed E-state index contributed by atoms with van der Waals surface area (Å²) in [5.74, 6) is 0.294. The van der Waals surface area contributed by atoms with E-state index in [0.29, 0.717) is 5.78 Å². The average Bonchev–Trinajstić information content (AvgIpc) is 2.95. The van der Waals surface area contributed by atoms with Crippen LogP contribution < -0.4 is 0 Å². The molecule has 0 aromatic heterocycles. The summed E-state index contributed by atoms with van der Waals surface area (Å²) in [6.07, 6.45) is 3.31. The number of Topliss-reactive ketones (excluding diaryl/α,β-unsaturated/α-hetero) is 1. The molecule has 20 heavy (non-hydrogen) atoms. The molecule has 0 radical (unpaired) electrons. The molecule has 1 fully saturated rings. The molecular weight excluding hydrogens is 246 g/mol. The summed E-state index contributed by atoms with van der Waals surface area (Å²) in [5, 5.41) is 0. The highest BCUT2D eigenvalue weighted by Gasteiger charge is 2.39. The topological polar surface area (TPSA) is 20.3 Å². The van der Waals surface area contributed by atoms with Gasteiger partial charge in [-0.15, -0.1) is 0 Å². The maximum atomic E-state index is 13.1.